The zero-order chi connectivity index (χ0) is 15.2. The molecule has 5 nitrogen and oxygen atoms in total. The van der Waals surface area contributed by atoms with Gasteiger partial charge in [-0.1, -0.05) is 6.92 Å². The second-order valence-corrected chi connectivity index (χ2v) is 5.75. The first kappa shape index (κ1) is 15.6. The lowest BCUT2D eigenvalue weighted by Gasteiger charge is -2.09. The fraction of sp³-hybridized carbons (Fsp3) is 0.400. The molecule has 2 rings (SSSR count). The Balaban J connectivity index is 2.00. The Morgan fingerprint density at radius 1 is 1.48 bits per heavy atom. The molecule has 0 fully saturated rings. The summed E-state index contributed by atoms with van der Waals surface area (Å²) in [6.45, 7) is 7.02. The first-order chi connectivity index (χ1) is 10.1. The molecule has 1 amide bonds. The summed E-state index contributed by atoms with van der Waals surface area (Å²) in [5.41, 5.74) is 2.37. The zero-order valence-electron chi connectivity index (χ0n) is 12.5. The molecule has 1 atom stereocenters. The molecular formula is C15H20N4OS. The number of rotatable bonds is 6. The Hall–Kier alpha value is -1.79. The molecule has 0 aliphatic heterocycles. The molecule has 0 aliphatic carbocycles. The van der Waals surface area contributed by atoms with Crippen molar-refractivity contribution >= 4 is 22.4 Å². The van der Waals surface area contributed by atoms with Crippen molar-refractivity contribution in [3.05, 3.63) is 40.7 Å². The SMILES string of the molecule is CCCNC(C)c1csc(NC(=O)c2ccnc(C)c2)n1. The first-order valence-corrected chi connectivity index (χ1v) is 7.91. The Labute approximate surface area is 128 Å². The van der Waals surface area contributed by atoms with Crippen molar-refractivity contribution in [2.75, 3.05) is 11.9 Å². The molecule has 0 radical (unpaired) electrons. The molecule has 2 N–H and O–H groups in total. The molecule has 0 bridgehead atoms. The predicted octanol–water partition coefficient (Wildman–Crippen LogP) is 3.16. The van der Waals surface area contributed by atoms with Crippen LogP contribution in [0.5, 0.6) is 0 Å². The third-order valence-corrected chi connectivity index (χ3v) is 3.82. The molecule has 0 aliphatic rings. The molecule has 1 unspecified atom stereocenters. The molecule has 112 valence electrons. The van der Waals surface area contributed by atoms with Gasteiger partial charge < -0.3 is 5.32 Å². The van der Waals surface area contributed by atoms with Crippen LogP contribution in [0.3, 0.4) is 0 Å². The van der Waals surface area contributed by atoms with Gasteiger partial charge in [-0.05, 0) is 38.9 Å². The standard InChI is InChI=1S/C15H20N4OS/c1-4-6-17-11(3)13-9-21-15(18-13)19-14(20)12-5-7-16-10(2)8-12/h5,7-9,11,17H,4,6H2,1-3H3,(H,18,19,20). The summed E-state index contributed by atoms with van der Waals surface area (Å²) in [5.74, 6) is -0.157. The number of nitrogens with zero attached hydrogens (tertiary/aromatic N) is 2. The van der Waals surface area contributed by atoms with Gasteiger partial charge in [-0.15, -0.1) is 11.3 Å². The minimum atomic E-state index is -0.157. The largest absolute Gasteiger partial charge is 0.309 e. The van der Waals surface area contributed by atoms with Gasteiger partial charge in [0.15, 0.2) is 5.13 Å². The van der Waals surface area contributed by atoms with Crippen LogP contribution in [0, 0.1) is 6.92 Å². The van der Waals surface area contributed by atoms with E-state index in [9.17, 15) is 4.79 Å². The Morgan fingerprint density at radius 3 is 3.00 bits per heavy atom. The van der Waals surface area contributed by atoms with Crippen molar-refractivity contribution in [3.63, 3.8) is 0 Å². The van der Waals surface area contributed by atoms with Crippen molar-refractivity contribution in [2.24, 2.45) is 0 Å². The Bertz CT molecular complexity index is 611. The summed E-state index contributed by atoms with van der Waals surface area (Å²) >= 11 is 1.44. The van der Waals surface area contributed by atoms with Gasteiger partial charge >= 0.3 is 0 Å². The van der Waals surface area contributed by atoms with Crippen molar-refractivity contribution in [3.8, 4) is 0 Å². The highest BCUT2D eigenvalue weighted by molar-refractivity contribution is 7.14. The van der Waals surface area contributed by atoms with Gasteiger partial charge in [-0.3, -0.25) is 15.1 Å². The number of thiazole rings is 1. The lowest BCUT2D eigenvalue weighted by atomic mass is 10.2. The number of amides is 1. The van der Waals surface area contributed by atoms with E-state index in [0.29, 0.717) is 10.7 Å². The van der Waals surface area contributed by atoms with E-state index in [1.807, 2.05) is 12.3 Å². The van der Waals surface area contributed by atoms with Crippen LogP contribution in [0.1, 0.15) is 48.1 Å². The Kier molecular flexibility index (Phi) is 5.41. The normalized spacial score (nSPS) is 12.1. The number of anilines is 1. The number of aromatic nitrogens is 2. The summed E-state index contributed by atoms with van der Waals surface area (Å²) in [6.07, 6.45) is 2.72. The lowest BCUT2D eigenvalue weighted by Crippen LogP contribution is -2.19. The summed E-state index contributed by atoms with van der Waals surface area (Å²) in [6, 6.07) is 3.65. The quantitative estimate of drug-likeness (QED) is 0.860. The average Bonchev–Trinajstić information content (AvgIpc) is 2.93. The van der Waals surface area contributed by atoms with Crippen LogP contribution >= 0.6 is 11.3 Å². The molecule has 0 spiro atoms. The second-order valence-electron chi connectivity index (χ2n) is 4.89. The molecular weight excluding hydrogens is 284 g/mol. The van der Waals surface area contributed by atoms with Crippen molar-refractivity contribution in [1.29, 1.82) is 0 Å². The Morgan fingerprint density at radius 2 is 2.29 bits per heavy atom. The third kappa shape index (κ3) is 4.34. The third-order valence-electron chi connectivity index (χ3n) is 3.05. The van der Waals surface area contributed by atoms with Gasteiger partial charge in [0.2, 0.25) is 0 Å². The van der Waals surface area contributed by atoms with Crippen molar-refractivity contribution < 1.29 is 4.79 Å². The van der Waals surface area contributed by atoms with Crippen molar-refractivity contribution in [2.45, 2.75) is 33.2 Å². The minimum Gasteiger partial charge on any atom is -0.309 e. The van der Waals surface area contributed by atoms with E-state index in [4.69, 9.17) is 0 Å². The number of carbonyl (C=O) groups excluding carboxylic acids is 1. The minimum absolute atomic E-state index is 0.157. The number of hydrogen-bond donors (Lipinski definition) is 2. The van der Waals surface area contributed by atoms with Crippen LogP contribution in [0.15, 0.2) is 23.7 Å². The highest BCUT2D eigenvalue weighted by atomic mass is 32.1. The number of aryl methyl sites for hydroxylation is 1. The predicted molar refractivity (Wildman–Crippen MR) is 85.7 cm³/mol. The zero-order valence-corrected chi connectivity index (χ0v) is 13.3. The van der Waals surface area contributed by atoms with Gasteiger partial charge in [-0.25, -0.2) is 4.98 Å². The molecule has 2 aromatic rings. The average molecular weight is 304 g/mol. The maximum Gasteiger partial charge on any atom is 0.257 e. The maximum atomic E-state index is 12.1. The highest BCUT2D eigenvalue weighted by Crippen LogP contribution is 2.21. The van der Waals surface area contributed by atoms with Crippen LogP contribution in [0.4, 0.5) is 5.13 Å². The van der Waals surface area contributed by atoms with E-state index in [-0.39, 0.29) is 11.9 Å². The molecule has 2 heterocycles. The fourth-order valence-electron chi connectivity index (χ4n) is 1.86. The molecule has 0 saturated carbocycles. The number of carbonyl (C=O) groups is 1. The van der Waals surface area contributed by atoms with E-state index < -0.39 is 0 Å². The molecule has 0 aromatic carbocycles. The van der Waals surface area contributed by atoms with Gasteiger partial charge in [0.25, 0.3) is 5.91 Å². The highest BCUT2D eigenvalue weighted by Gasteiger charge is 2.12. The van der Waals surface area contributed by atoms with Gasteiger partial charge in [-0.2, -0.15) is 0 Å². The molecule has 21 heavy (non-hydrogen) atoms. The van der Waals surface area contributed by atoms with Crippen molar-refractivity contribution in [1.82, 2.24) is 15.3 Å². The number of pyridine rings is 1. The topological polar surface area (TPSA) is 66.9 Å². The van der Waals surface area contributed by atoms with Crippen LogP contribution in [0.2, 0.25) is 0 Å². The van der Waals surface area contributed by atoms with Gasteiger partial charge in [0.05, 0.1) is 5.69 Å². The van der Waals surface area contributed by atoms with Crippen LogP contribution in [-0.4, -0.2) is 22.4 Å². The summed E-state index contributed by atoms with van der Waals surface area (Å²) in [7, 11) is 0. The maximum absolute atomic E-state index is 12.1. The summed E-state index contributed by atoms with van der Waals surface area (Å²) in [4.78, 5) is 20.7. The van der Waals surface area contributed by atoms with E-state index in [1.165, 1.54) is 11.3 Å². The first-order valence-electron chi connectivity index (χ1n) is 7.03. The molecule has 2 aromatic heterocycles. The molecule has 0 saturated heterocycles. The van der Waals surface area contributed by atoms with Crippen LogP contribution in [-0.2, 0) is 0 Å². The smallest absolute Gasteiger partial charge is 0.257 e. The monoisotopic (exact) mass is 304 g/mol. The second kappa shape index (κ2) is 7.28. The number of nitrogens with one attached hydrogen (secondary N) is 2. The lowest BCUT2D eigenvalue weighted by molar-refractivity contribution is 0.102. The fourth-order valence-corrected chi connectivity index (χ4v) is 2.66. The molecule has 6 heteroatoms. The summed E-state index contributed by atoms with van der Waals surface area (Å²) in [5, 5.41) is 8.80. The van der Waals surface area contributed by atoms with Crippen LogP contribution in [0.25, 0.3) is 0 Å². The van der Waals surface area contributed by atoms with E-state index in [2.05, 4.69) is 34.4 Å². The number of hydrogen-bond acceptors (Lipinski definition) is 5. The van der Waals surface area contributed by atoms with Crippen LogP contribution < -0.4 is 10.6 Å². The summed E-state index contributed by atoms with van der Waals surface area (Å²) < 4.78 is 0. The van der Waals surface area contributed by atoms with Gasteiger partial charge in [0, 0.05) is 28.9 Å². The van der Waals surface area contributed by atoms with E-state index >= 15 is 0 Å². The van der Waals surface area contributed by atoms with E-state index in [1.54, 1.807) is 18.3 Å². The van der Waals surface area contributed by atoms with Gasteiger partial charge in [0.1, 0.15) is 0 Å². The van der Waals surface area contributed by atoms with E-state index in [0.717, 1.165) is 24.4 Å².